The number of benzene rings is 3. The zero-order chi connectivity index (χ0) is 43.6. The molecule has 3 atom stereocenters. The molecule has 0 radical (unpaired) electrons. The van der Waals surface area contributed by atoms with Crippen LogP contribution >= 0.6 is 0 Å². The van der Waals surface area contributed by atoms with Crippen molar-refractivity contribution in [1.29, 1.82) is 0 Å². The molecule has 2 aliphatic rings. The van der Waals surface area contributed by atoms with Crippen molar-refractivity contribution >= 4 is 52.4 Å². The second-order valence-electron chi connectivity index (χ2n) is 10.2. The van der Waals surface area contributed by atoms with Crippen LogP contribution in [0.4, 0.5) is 0 Å². The SMILES string of the molecule is [2H]C=Cc1c(C=C[2H])c(C2=c3c(oc4ccccc34)=CCC2c2ccccc2)c(C([2H])=C[2H])c(C([2H])=C[2H])c1C1=C([2H])C(/C=C([2H])/C([2H])=C(/[2H])C([2H])=C[2H])=C([2H])C([2H])C1[2H]. The summed E-state index contributed by atoms with van der Waals surface area (Å²) in [5.74, 6) is -0.443. The van der Waals surface area contributed by atoms with E-state index in [1.165, 1.54) is 12.2 Å². The molecule has 0 spiro atoms. The van der Waals surface area contributed by atoms with Gasteiger partial charge in [-0.2, -0.15) is 0 Å². The molecule has 45 heavy (non-hydrogen) atoms. The van der Waals surface area contributed by atoms with Crippen molar-refractivity contribution in [1.82, 2.24) is 0 Å². The molecule has 0 N–H and O–H groups in total. The van der Waals surface area contributed by atoms with E-state index in [1.807, 2.05) is 60.7 Å². The summed E-state index contributed by atoms with van der Waals surface area (Å²) >= 11 is 0. The highest BCUT2D eigenvalue weighted by atomic mass is 16.3. The van der Waals surface area contributed by atoms with Gasteiger partial charge in [-0.05, 0) is 87.0 Å². The number of para-hydroxylation sites is 1. The highest BCUT2D eigenvalue weighted by Crippen LogP contribution is 2.45. The number of hydrogen-bond donors (Lipinski definition) is 0. The normalized spacial score (nSPS) is 27.2. The Hall–Kier alpha value is -5.40. The summed E-state index contributed by atoms with van der Waals surface area (Å²) in [6.07, 6.45) is 2.55. The lowest BCUT2D eigenvalue weighted by Gasteiger charge is -2.29. The van der Waals surface area contributed by atoms with E-state index in [0.29, 0.717) is 41.3 Å². The first-order valence-corrected chi connectivity index (χ1v) is 14.2. The van der Waals surface area contributed by atoms with Crippen molar-refractivity contribution in [2.75, 3.05) is 0 Å². The maximum absolute atomic E-state index is 9.51. The van der Waals surface area contributed by atoms with Crippen LogP contribution in [-0.2, 0) is 0 Å². The third-order valence-electron chi connectivity index (χ3n) is 7.90. The molecular formula is C44H38O. The van der Waals surface area contributed by atoms with Crippen molar-refractivity contribution in [2.45, 2.75) is 25.1 Å². The molecule has 1 heterocycles. The van der Waals surface area contributed by atoms with Crippen molar-refractivity contribution in [3.63, 3.8) is 0 Å². The zero-order valence-electron chi connectivity index (χ0n) is 39.2. The number of fused-ring (bicyclic) bond motifs is 3. The maximum atomic E-state index is 9.51. The molecule has 1 heteroatoms. The van der Waals surface area contributed by atoms with E-state index in [4.69, 9.17) is 19.5 Å². The van der Waals surface area contributed by atoms with Gasteiger partial charge in [-0.1, -0.05) is 148 Å². The minimum Gasteiger partial charge on any atom is -0.456 e. The molecule has 4 aromatic rings. The van der Waals surface area contributed by atoms with Gasteiger partial charge in [-0.15, -0.1) is 0 Å². The number of rotatable bonds is 10. The Kier molecular flexibility index (Phi) is 4.83. The molecule has 6 rings (SSSR count). The lowest BCUT2D eigenvalue weighted by Crippen LogP contribution is -2.31. The van der Waals surface area contributed by atoms with Crippen LogP contribution in [0, 0.1) is 0 Å². The molecule has 0 saturated carbocycles. The third-order valence-corrected chi connectivity index (χ3v) is 7.90. The van der Waals surface area contributed by atoms with Gasteiger partial charge < -0.3 is 4.42 Å². The van der Waals surface area contributed by atoms with Crippen LogP contribution in [0.5, 0.6) is 0 Å². The Bertz CT molecular complexity index is 2800. The van der Waals surface area contributed by atoms with Gasteiger partial charge in [0.1, 0.15) is 11.0 Å². The number of furan rings is 1. The summed E-state index contributed by atoms with van der Waals surface area (Å²) in [7, 11) is 0. The van der Waals surface area contributed by atoms with E-state index in [0.717, 1.165) is 36.7 Å². The van der Waals surface area contributed by atoms with Gasteiger partial charge in [0.05, 0.1) is 17.8 Å². The Morgan fingerprint density at radius 2 is 1.62 bits per heavy atom. The average molecular weight is 598 g/mol. The standard InChI is InChI=1S/C44H38O/c1-6-11-12-14-20-30-21-19-24-32(29-30)41-33(7-2)35(9-4)42(36(10-5)34(41)8-3)44-37(31-22-15-13-16-23-31)27-28-40-43(44)38-25-17-18-26-39(38)45-40/h6-18,20-23,25-26,28-29,37H,1-5,19,24,27H2/b12-11-,20-14+/i1D,2D,3D,4D,5D,6D,7D,9D,11D,12D,14D,19D,21D,24D,29D/b6-1?,7-2?,8-3?,9-4?,10-5?,12-11-,20-14+. The van der Waals surface area contributed by atoms with E-state index in [1.54, 1.807) is 0 Å². The van der Waals surface area contributed by atoms with E-state index >= 15 is 0 Å². The van der Waals surface area contributed by atoms with Crippen molar-refractivity contribution in [3.05, 3.63) is 185 Å². The molecule has 0 bridgehead atoms. The minimum absolute atomic E-state index is 0.0638. The Morgan fingerprint density at radius 1 is 0.844 bits per heavy atom. The first-order chi connectivity index (χ1) is 28.8. The summed E-state index contributed by atoms with van der Waals surface area (Å²) in [6.45, 7) is 3.91. The van der Waals surface area contributed by atoms with E-state index in [9.17, 15) is 5.48 Å². The Labute approximate surface area is 287 Å². The first-order valence-electron chi connectivity index (χ1n) is 22.2. The van der Waals surface area contributed by atoms with Crippen LogP contribution < -0.4 is 10.6 Å². The molecule has 3 unspecified atom stereocenters. The monoisotopic (exact) mass is 597 g/mol. The van der Waals surface area contributed by atoms with Gasteiger partial charge in [-0.3, -0.25) is 0 Å². The summed E-state index contributed by atoms with van der Waals surface area (Å²) in [6, 6.07) is 11.9. The predicted molar refractivity (Wildman–Crippen MR) is 197 cm³/mol. The van der Waals surface area contributed by atoms with Crippen molar-refractivity contribution < 1.29 is 25.0 Å². The summed E-state index contributed by atoms with van der Waals surface area (Å²) < 4.78 is 135. The minimum atomic E-state index is -1.73. The Morgan fingerprint density at radius 3 is 2.42 bits per heavy atom. The summed E-state index contributed by atoms with van der Waals surface area (Å²) in [5.41, 5.74) is 2.06. The van der Waals surface area contributed by atoms with Crippen LogP contribution in [0.25, 0.3) is 52.4 Å². The van der Waals surface area contributed by atoms with E-state index < -0.39 is 67.1 Å². The fourth-order valence-electron chi connectivity index (χ4n) is 6.11. The van der Waals surface area contributed by atoms with Crippen LogP contribution in [-0.4, -0.2) is 0 Å². The second-order valence-corrected chi connectivity index (χ2v) is 10.2. The molecule has 0 fully saturated rings. The van der Waals surface area contributed by atoms with Crippen molar-refractivity contribution in [3.8, 4) is 0 Å². The molecule has 2 aliphatic carbocycles. The molecule has 3 aromatic carbocycles. The molecule has 1 aromatic heterocycles. The zero-order valence-corrected chi connectivity index (χ0v) is 24.2. The highest BCUT2D eigenvalue weighted by Gasteiger charge is 2.30. The van der Waals surface area contributed by atoms with Gasteiger partial charge in [0.25, 0.3) is 0 Å². The van der Waals surface area contributed by atoms with Gasteiger partial charge in [0.2, 0.25) is 0 Å². The van der Waals surface area contributed by atoms with Crippen LogP contribution in [0.1, 0.15) is 84.6 Å². The predicted octanol–water partition coefficient (Wildman–Crippen LogP) is 10.6. The quantitative estimate of drug-likeness (QED) is 0.166. The summed E-state index contributed by atoms with van der Waals surface area (Å²) in [5, 5.41) is 1.36. The maximum Gasteiger partial charge on any atom is 0.135 e. The lowest BCUT2D eigenvalue weighted by atomic mass is 9.73. The van der Waals surface area contributed by atoms with Crippen molar-refractivity contribution in [2.24, 2.45) is 0 Å². The topological polar surface area (TPSA) is 13.1 Å². The van der Waals surface area contributed by atoms with Gasteiger partial charge in [0, 0.05) is 19.3 Å². The number of hydrogen-bond acceptors (Lipinski definition) is 1. The molecule has 0 amide bonds. The first kappa shape index (κ1) is 16.6. The fraction of sp³-hybridized carbons (Fsp3) is 0.0909. The average Bonchev–Trinajstić information content (AvgIpc) is 3.65. The van der Waals surface area contributed by atoms with Gasteiger partial charge >= 0.3 is 0 Å². The van der Waals surface area contributed by atoms with Gasteiger partial charge in [0.15, 0.2) is 0 Å². The second kappa shape index (κ2) is 13.1. The smallest absolute Gasteiger partial charge is 0.135 e. The molecule has 0 saturated heterocycles. The molecular weight excluding hydrogens is 544 g/mol. The fourth-order valence-corrected chi connectivity index (χ4v) is 6.11. The highest BCUT2D eigenvalue weighted by molar-refractivity contribution is 5.98. The van der Waals surface area contributed by atoms with E-state index in [2.05, 4.69) is 0 Å². The van der Waals surface area contributed by atoms with Crippen LogP contribution in [0.3, 0.4) is 0 Å². The Balaban J connectivity index is 1.90. The lowest BCUT2D eigenvalue weighted by molar-refractivity contribution is 0.569. The van der Waals surface area contributed by atoms with E-state index in [-0.39, 0.29) is 44.5 Å². The molecule has 1 nitrogen and oxygen atoms in total. The number of allylic oxidation sites excluding steroid dienone is 9. The molecule has 0 aliphatic heterocycles. The van der Waals surface area contributed by atoms with Gasteiger partial charge in [-0.25, -0.2) is 0 Å². The molecule has 220 valence electrons. The van der Waals surface area contributed by atoms with Crippen LogP contribution in [0.2, 0.25) is 0 Å². The third kappa shape index (κ3) is 5.32. The summed E-state index contributed by atoms with van der Waals surface area (Å²) in [4.78, 5) is 0. The largest absolute Gasteiger partial charge is 0.456 e. The van der Waals surface area contributed by atoms with Crippen LogP contribution in [0.15, 0.2) is 140 Å².